The first-order valence-corrected chi connectivity index (χ1v) is 2.61. The molecule has 0 saturated heterocycles. The Bertz CT molecular complexity index is 291. The minimum absolute atomic E-state index is 0.138. The Hall–Kier alpha value is -1.92. The van der Waals surface area contributed by atoms with Gasteiger partial charge in [0.05, 0.1) is 0 Å². The van der Waals surface area contributed by atoms with Gasteiger partial charge < -0.3 is 15.3 Å². The molecule has 0 aliphatic carbocycles. The van der Waals surface area contributed by atoms with Gasteiger partial charge in [-0.2, -0.15) is 0 Å². The maximum absolute atomic E-state index is 10.0. The lowest BCUT2D eigenvalue weighted by Crippen LogP contribution is -1.88. The van der Waals surface area contributed by atoms with Crippen molar-refractivity contribution in [3.05, 3.63) is 22.1 Å². The number of aromatic nitrogens is 2. The highest BCUT2D eigenvalue weighted by Crippen LogP contribution is 2.03. The van der Waals surface area contributed by atoms with Crippen LogP contribution in [0, 0.1) is 10.1 Å². The smallest absolute Gasteiger partial charge is 0.340 e. The van der Waals surface area contributed by atoms with Crippen LogP contribution in [0.25, 0.3) is 0 Å². The van der Waals surface area contributed by atoms with E-state index in [1.807, 2.05) is 0 Å². The zero-order valence-corrected chi connectivity index (χ0v) is 5.26. The Morgan fingerprint density at radius 3 is 3.09 bits per heavy atom. The first-order valence-electron chi connectivity index (χ1n) is 2.61. The summed E-state index contributed by atoms with van der Waals surface area (Å²) in [4.78, 5) is 15.2. The second-order valence-corrected chi connectivity index (χ2v) is 1.66. The average molecular weight is 156 g/mol. The average Bonchev–Trinajstić information content (AvgIpc) is 2.37. The molecule has 0 aliphatic heterocycles. The van der Waals surface area contributed by atoms with E-state index in [0.717, 1.165) is 12.4 Å². The molecule has 0 atom stereocenters. The minimum atomic E-state index is -0.623. The highest BCUT2D eigenvalue weighted by molar-refractivity contribution is 5.74. The van der Waals surface area contributed by atoms with Crippen LogP contribution in [0.5, 0.6) is 0 Å². The van der Waals surface area contributed by atoms with Gasteiger partial charge in [-0.05, 0) is 4.92 Å². The molecule has 1 aromatic heterocycles. The molecule has 0 bridgehead atoms. The summed E-state index contributed by atoms with van der Waals surface area (Å²) in [5.74, 6) is -0.0981. The summed E-state index contributed by atoms with van der Waals surface area (Å²) in [6.07, 6.45) is 2.00. The van der Waals surface area contributed by atoms with Gasteiger partial charge in [-0.25, -0.2) is 9.97 Å². The van der Waals surface area contributed by atoms with Crippen LogP contribution in [-0.4, -0.2) is 26.3 Å². The third-order valence-electron chi connectivity index (χ3n) is 0.959. The zero-order valence-electron chi connectivity index (χ0n) is 5.26. The normalized spacial score (nSPS) is 10.5. The number of imidazole rings is 1. The van der Waals surface area contributed by atoms with Crippen molar-refractivity contribution in [2.45, 2.75) is 0 Å². The molecule has 7 heteroatoms. The number of rotatable bonds is 2. The number of H-pyrrole nitrogens is 1. The summed E-state index contributed by atoms with van der Waals surface area (Å²) in [6, 6.07) is 0. The van der Waals surface area contributed by atoms with Crippen molar-refractivity contribution < 1.29 is 10.1 Å². The number of nitrogens with zero attached hydrogens (tertiary/aromatic N) is 3. The molecule has 7 nitrogen and oxygen atoms in total. The molecule has 0 amide bonds. The lowest BCUT2D eigenvalue weighted by molar-refractivity contribution is -0.389. The van der Waals surface area contributed by atoms with Gasteiger partial charge in [0.15, 0.2) is 0 Å². The van der Waals surface area contributed by atoms with Crippen LogP contribution in [0.2, 0.25) is 0 Å². The highest BCUT2D eigenvalue weighted by Gasteiger charge is 2.06. The number of oxime groups is 1. The molecule has 1 aromatic rings. The fourth-order valence-corrected chi connectivity index (χ4v) is 0.540. The monoisotopic (exact) mass is 156 g/mol. The molecular weight excluding hydrogens is 152 g/mol. The van der Waals surface area contributed by atoms with Crippen molar-refractivity contribution in [2.24, 2.45) is 5.16 Å². The summed E-state index contributed by atoms with van der Waals surface area (Å²) in [7, 11) is 0. The second-order valence-electron chi connectivity index (χ2n) is 1.66. The van der Waals surface area contributed by atoms with Crippen LogP contribution in [0.4, 0.5) is 5.82 Å². The van der Waals surface area contributed by atoms with Crippen molar-refractivity contribution in [3.63, 3.8) is 0 Å². The summed E-state index contributed by atoms with van der Waals surface area (Å²) in [5, 5.41) is 20.7. The quantitative estimate of drug-likeness (QED) is 0.274. The Balaban J connectivity index is 2.90. The van der Waals surface area contributed by atoms with Gasteiger partial charge in [0.2, 0.25) is 5.82 Å². The van der Waals surface area contributed by atoms with Gasteiger partial charge >= 0.3 is 5.82 Å². The van der Waals surface area contributed by atoms with Crippen molar-refractivity contribution in [2.75, 3.05) is 0 Å². The van der Waals surface area contributed by atoms with Crippen LogP contribution in [0.15, 0.2) is 11.4 Å². The summed E-state index contributed by atoms with van der Waals surface area (Å²) in [5.41, 5.74) is 0. The number of nitro groups is 1. The number of hydrogen-bond acceptors (Lipinski definition) is 5. The van der Waals surface area contributed by atoms with Crippen molar-refractivity contribution in [3.8, 4) is 0 Å². The Labute approximate surface area is 60.5 Å². The van der Waals surface area contributed by atoms with Crippen LogP contribution in [0.3, 0.4) is 0 Å². The second kappa shape index (κ2) is 2.78. The summed E-state index contributed by atoms with van der Waals surface area (Å²) < 4.78 is 0. The zero-order chi connectivity index (χ0) is 8.27. The van der Waals surface area contributed by atoms with E-state index >= 15 is 0 Å². The van der Waals surface area contributed by atoms with Gasteiger partial charge in [-0.1, -0.05) is 5.16 Å². The topological polar surface area (TPSA) is 104 Å². The van der Waals surface area contributed by atoms with E-state index in [0.29, 0.717) is 0 Å². The molecule has 58 valence electrons. The molecule has 11 heavy (non-hydrogen) atoms. The predicted octanol–water partition coefficient (Wildman–Crippen LogP) is 0.126. The fraction of sp³-hybridized carbons (Fsp3) is 0. The third kappa shape index (κ3) is 1.51. The first-order chi connectivity index (χ1) is 5.24. The SMILES string of the molecule is O=[N+]([O-])c1cnc(C=NO)[nH]1. The minimum Gasteiger partial charge on any atom is -0.411 e. The maximum Gasteiger partial charge on any atom is 0.340 e. The molecule has 0 radical (unpaired) electrons. The van der Waals surface area contributed by atoms with Crippen LogP contribution >= 0.6 is 0 Å². The van der Waals surface area contributed by atoms with Crippen molar-refractivity contribution in [1.82, 2.24) is 9.97 Å². The van der Waals surface area contributed by atoms with Crippen LogP contribution in [0.1, 0.15) is 5.82 Å². The standard InChI is InChI=1S/C4H4N4O3/c9-6-1-3-5-2-4(7-3)8(10)11/h1-2,9H,(H,5,7). The third-order valence-corrected chi connectivity index (χ3v) is 0.959. The highest BCUT2D eigenvalue weighted by atomic mass is 16.6. The molecule has 0 aromatic carbocycles. The molecule has 1 heterocycles. The van der Waals surface area contributed by atoms with E-state index in [1.165, 1.54) is 0 Å². The van der Waals surface area contributed by atoms with Crippen molar-refractivity contribution in [1.29, 1.82) is 0 Å². The molecule has 0 unspecified atom stereocenters. The van der Waals surface area contributed by atoms with E-state index in [1.54, 1.807) is 0 Å². The largest absolute Gasteiger partial charge is 0.411 e. The number of aromatic amines is 1. The number of hydrogen-bond donors (Lipinski definition) is 2. The van der Waals surface area contributed by atoms with Gasteiger partial charge in [-0.3, -0.25) is 0 Å². The number of nitrogens with one attached hydrogen (secondary N) is 1. The maximum atomic E-state index is 10.0. The fourth-order valence-electron chi connectivity index (χ4n) is 0.540. The van der Waals surface area contributed by atoms with Crippen LogP contribution in [-0.2, 0) is 0 Å². The molecule has 0 spiro atoms. The molecule has 0 saturated carbocycles. The molecule has 1 rings (SSSR count). The van der Waals surface area contributed by atoms with E-state index in [4.69, 9.17) is 5.21 Å². The lowest BCUT2D eigenvalue weighted by atomic mass is 10.7. The van der Waals surface area contributed by atoms with Gasteiger partial charge in [0, 0.05) is 0 Å². The van der Waals surface area contributed by atoms with E-state index < -0.39 is 4.92 Å². The molecule has 0 aliphatic rings. The van der Waals surface area contributed by atoms with E-state index in [-0.39, 0.29) is 11.6 Å². The van der Waals surface area contributed by atoms with Gasteiger partial charge in [0.1, 0.15) is 12.4 Å². The molecule has 0 fully saturated rings. The summed E-state index contributed by atoms with van der Waals surface area (Å²) >= 11 is 0. The van der Waals surface area contributed by atoms with Gasteiger partial charge in [0.25, 0.3) is 0 Å². The summed E-state index contributed by atoms with van der Waals surface area (Å²) in [6.45, 7) is 0. The predicted molar refractivity (Wildman–Crippen MR) is 34.6 cm³/mol. The Morgan fingerprint density at radius 2 is 2.64 bits per heavy atom. The van der Waals surface area contributed by atoms with E-state index in [2.05, 4.69) is 15.1 Å². The Morgan fingerprint density at radius 1 is 1.91 bits per heavy atom. The first kappa shape index (κ1) is 7.19. The Kier molecular flexibility index (Phi) is 1.81. The van der Waals surface area contributed by atoms with E-state index in [9.17, 15) is 10.1 Å². The molecular formula is C4H4N4O3. The van der Waals surface area contributed by atoms with Gasteiger partial charge in [-0.15, -0.1) is 0 Å². The lowest BCUT2D eigenvalue weighted by Gasteiger charge is -1.84. The van der Waals surface area contributed by atoms with Crippen LogP contribution < -0.4 is 0 Å². The van der Waals surface area contributed by atoms with Crippen molar-refractivity contribution >= 4 is 12.0 Å². The molecule has 2 N–H and O–H groups in total.